The van der Waals surface area contributed by atoms with Crippen molar-refractivity contribution < 1.29 is 4.79 Å². The van der Waals surface area contributed by atoms with E-state index in [4.69, 9.17) is 0 Å². The molecule has 2 aromatic heterocycles. The van der Waals surface area contributed by atoms with E-state index in [1.807, 2.05) is 24.2 Å². The van der Waals surface area contributed by atoms with E-state index in [9.17, 15) is 14.4 Å². The fourth-order valence-corrected chi connectivity index (χ4v) is 3.56. The number of rotatable bonds is 5. The zero-order valence-electron chi connectivity index (χ0n) is 15.2. The van der Waals surface area contributed by atoms with E-state index < -0.39 is 11.2 Å². The molecule has 1 saturated heterocycles. The minimum atomic E-state index is -0.516. The summed E-state index contributed by atoms with van der Waals surface area (Å²) in [4.78, 5) is 46.5. The van der Waals surface area contributed by atoms with Gasteiger partial charge in [0.15, 0.2) is 0 Å². The maximum atomic E-state index is 12.5. The number of likely N-dealkylation sites (tertiary alicyclic amines) is 1. The number of imidazole rings is 1. The van der Waals surface area contributed by atoms with Crippen LogP contribution >= 0.6 is 0 Å². The fourth-order valence-electron chi connectivity index (χ4n) is 3.56. The Morgan fingerprint density at radius 1 is 1.23 bits per heavy atom. The van der Waals surface area contributed by atoms with Crippen molar-refractivity contribution in [2.24, 2.45) is 5.92 Å². The first kappa shape index (κ1) is 18.2. The minimum Gasteiger partial charge on any atom is -0.343 e. The van der Waals surface area contributed by atoms with Gasteiger partial charge in [-0.15, -0.1) is 0 Å². The van der Waals surface area contributed by atoms with Crippen LogP contribution in [0, 0.1) is 19.8 Å². The highest BCUT2D eigenvalue weighted by atomic mass is 16.2. The quantitative estimate of drug-likeness (QED) is 0.822. The van der Waals surface area contributed by atoms with E-state index in [1.165, 1.54) is 0 Å². The summed E-state index contributed by atoms with van der Waals surface area (Å²) in [6.45, 7) is 6.12. The average Bonchev–Trinajstić information content (AvgIpc) is 2.99. The zero-order valence-corrected chi connectivity index (χ0v) is 15.2. The molecule has 1 aliphatic heterocycles. The number of nitrogens with zero attached hydrogens (tertiary/aromatic N) is 3. The Morgan fingerprint density at radius 2 is 1.96 bits per heavy atom. The molecular weight excluding hydrogens is 334 g/mol. The van der Waals surface area contributed by atoms with Crippen LogP contribution in [0.25, 0.3) is 0 Å². The number of aromatic amines is 2. The number of hydrogen-bond acceptors (Lipinski definition) is 4. The lowest BCUT2D eigenvalue weighted by Crippen LogP contribution is -2.39. The first-order valence-corrected chi connectivity index (χ1v) is 9.01. The molecular formula is C18H25N5O3. The van der Waals surface area contributed by atoms with E-state index in [2.05, 4.69) is 19.5 Å². The third-order valence-corrected chi connectivity index (χ3v) is 5.19. The first-order chi connectivity index (χ1) is 12.4. The van der Waals surface area contributed by atoms with Gasteiger partial charge in [0.25, 0.3) is 5.56 Å². The van der Waals surface area contributed by atoms with Crippen molar-refractivity contribution in [3.63, 3.8) is 0 Å². The van der Waals surface area contributed by atoms with Crippen LogP contribution in [0.2, 0.25) is 0 Å². The molecule has 140 valence electrons. The second-order valence-corrected chi connectivity index (χ2v) is 6.96. The van der Waals surface area contributed by atoms with Gasteiger partial charge >= 0.3 is 5.69 Å². The summed E-state index contributed by atoms with van der Waals surface area (Å²) < 4.78 is 2.16. The number of aryl methyl sites for hydroxylation is 2. The van der Waals surface area contributed by atoms with Crippen molar-refractivity contribution in [2.75, 3.05) is 13.1 Å². The van der Waals surface area contributed by atoms with Gasteiger partial charge in [-0.2, -0.15) is 0 Å². The smallest absolute Gasteiger partial charge is 0.325 e. The van der Waals surface area contributed by atoms with Gasteiger partial charge in [0.05, 0.1) is 0 Å². The maximum absolute atomic E-state index is 12.5. The maximum Gasteiger partial charge on any atom is 0.325 e. The van der Waals surface area contributed by atoms with Crippen molar-refractivity contribution in [2.45, 2.75) is 46.1 Å². The fraction of sp³-hybridized carbons (Fsp3) is 0.556. The van der Waals surface area contributed by atoms with E-state index in [0.29, 0.717) is 23.6 Å². The molecule has 0 atom stereocenters. The number of carbonyl (C=O) groups excluding carboxylic acids is 1. The van der Waals surface area contributed by atoms with Gasteiger partial charge < -0.3 is 14.5 Å². The monoisotopic (exact) mass is 359 g/mol. The van der Waals surface area contributed by atoms with Gasteiger partial charge in [-0.25, -0.2) is 9.78 Å². The van der Waals surface area contributed by atoms with E-state index in [-0.39, 0.29) is 12.3 Å². The summed E-state index contributed by atoms with van der Waals surface area (Å²) in [7, 11) is 0. The number of piperidine rings is 1. The standard InChI is InChI=1S/C18H25N5O3/c1-12-15(17(25)21-18(26)20-12)3-4-16(24)22-8-5-14(6-9-22)11-23-10-7-19-13(23)2/h7,10,14H,3-6,8-9,11H2,1-2H3,(H2,20,21,25,26). The molecule has 0 aliphatic carbocycles. The van der Waals surface area contributed by atoms with Crippen LogP contribution < -0.4 is 11.2 Å². The van der Waals surface area contributed by atoms with Crippen molar-refractivity contribution in [1.82, 2.24) is 24.4 Å². The Kier molecular flexibility index (Phi) is 5.39. The van der Waals surface area contributed by atoms with Gasteiger partial charge in [0, 0.05) is 49.7 Å². The van der Waals surface area contributed by atoms with Crippen molar-refractivity contribution in [3.05, 3.63) is 50.3 Å². The van der Waals surface area contributed by atoms with Crippen LogP contribution in [0.3, 0.4) is 0 Å². The number of carbonyl (C=O) groups is 1. The molecule has 0 saturated carbocycles. The van der Waals surface area contributed by atoms with Crippen molar-refractivity contribution in [3.8, 4) is 0 Å². The first-order valence-electron chi connectivity index (χ1n) is 9.01. The normalized spacial score (nSPS) is 15.4. The van der Waals surface area contributed by atoms with Crippen LogP contribution in [0.4, 0.5) is 0 Å². The highest BCUT2D eigenvalue weighted by Crippen LogP contribution is 2.20. The predicted octanol–water partition coefficient (Wildman–Crippen LogP) is 0.748. The molecule has 8 nitrogen and oxygen atoms in total. The number of hydrogen-bond donors (Lipinski definition) is 2. The highest BCUT2D eigenvalue weighted by molar-refractivity contribution is 5.76. The van der Waals surface area contributed by atoms with Gasteiger partial charge in [-0.05, 0) is 39.0 Å². The van der Waals surface area contributed by atoms with Crippen molar-refractivity contribution in [1.29, 1.82) is 0 Å². The Bertz CT molecular complexity index is 887. The van der Waals surface area contributed by atoms with Crippen LogP contribution in [0.5, 0.6) is 0 Å². The number of amides is 1. The predicted molar refractivity (Wildman–Crippen MR) is 97.0 cm³/mol. The number of H-pyrrole nitrogens is 2. The van der Waals surface area contributed by atoms with Gasteiger partial charge in [-0.3, -0.25) is 14.6 Å². The van der Waals surface area contributed by atoms with Crippen LogP contribution in [-0.4, -0.2) is 43.4 Å². The molecule has 0 aromatic carbocycles. The zero-order chi connectivity index (χ0) is 18.7. The second-order valence-electron chi connectivity index (χ2n) is 6.96. The lowest BCUT2D eigenvalue weighted by Gasteiger charge is -2.32. The molecule has 2 aromatic rings. The average molecular weight is 359 g/mol. The molecule has 8 heteroatoms. The molecule has 3 heterocycles. The van der Waals surface area contributed by atoms with Crippen LogP contribution in [-0.2, 0) is 17.8 Å². The second kappa shape index (κ2) is 7.72. The summed E-state index contributed by atoms with van der Waals surface area (Å²) in [5.41, 5.74) is 0.0793. The molecule has 26 heavy (non-hydrogen) atoms. The third-order valence-electron chi connectivity index (χ3n) is 5.19. The summed E-state index contributed by atoms with van der Waals surface area (Å²) in [6.07, 6.45) is 6.38. The molecule has 0 radical (unpaired) electrons. The third kappa shape index (κ3) is 4.12. The molecule has 0 bridgehead atoms. The van der Waals surface area contributed by atoms with E-state index in [0.717, 1.165) is 38.3 Å². The largest absolute Gasteiger partial charge is 0.343 e. The minimum absolute atomic E-state index is 0.0623. The lowest BCUT2D eigenvalue weighted by atomic mass is 9.96. The topological polar surface area (TPSA) is 104 Å². The van der Waals surface area contributed by atoms with Crippen LogP contribution in [0.15, 0.2) is 22.0 Å². The van der Waals surface area contributed by atoms with E-state index in [1.54, 1.807) is 6.92 Å². The Balaban J connectivity index is 1.50. The SMILES string of the molecule is Cc1[nH]c(=O)[nH]c(=O)c1CCC(=O)N1CCC(Cn2ccnc2C)CC1. The van der Waals surface area contributed by atoms with Gasteiger partial charge in [-0.1, -0.05) is 0 Å². The molecule has 0 unspecified atom stereocenters. The molecule has 1 fully saturated rings. The number of aromatic nitrogens is 4. The summed E-state index contributed by atoms with van der Waals surface area (Å²) in [5.74, 6) is 1.63. The van der Waals surface area contributed by atoms with Crippen LogP contribution in [0.1, 0.15) is 36.3 Å². The molecule has 1 aliphatic rings. The Hall–Kier alpha value is -2.64. The summed E-state index contributed by atoms with van der Waals surface area (Å²) in [5, 5.41) is 0. The van der Waals surface area contributed by atoms with E-state index >= 15 is 0 Å². The van der Waals surface area contributed by atoms with Gasteiger partial charge in [0.2, 0.25) is 5.91 Å². The summed E-state index contributed by atoms with van der Waals surface area (Å²) in [6, 6.07) is 0. The molecule has 0 spiro atoms. The Morgan fingerprint density at radius 3 is 2.58 bits per heavy atom. The number of nitrogens with one attached hydrogen (secondary N) is 2. The molecule has 3 rings (SSSR count). The molecule has 1 amide bonds. The lowest BCUT2D eigenvalue weighted by molar-refractivity contribution is -0.132. The van der Waals surface area contributed by atoms with Gasteiger partial charge in [0.1, 0.15) is 5.82 Å². The van der Waals surface area contributed by atoms with Crippen molar-refractivity contribution >= 4 is 5.91 Å². The summed E-state index contributed by atoms with van der Waals surface area (Å²) >= 11 is 0. The Labute approximate surface area is 151 Å². The highest BCUT2D eigenvalue weighted by Gasteiger charge is 2.23. The molecule has 2 N–H and O–H groups in total.